The molecule has 2 N–H and O–H groups in total. The van der Waals surface area contributed by atoms with Crippen molar-refractivity contribution in [1.82, 2.24) is 30.4 Å². The average Bonchev–Trinajstić information content (AvgIpc) is 2.81. The number of carbonyl (C=O) groups excluding carboxylic acids is 1. The van der Waals surface area contributed by atoms with Crippen LogP contribution in [0, 0.1) is 0 Å². The van der Waals surface area contributed by atoms with Gasteiger partial charge in [0.2, 0.25) is 5.91 Å². The van der Waals surface area contributed by atoms with Gasteiger partial charge in [-0.25, -0.2) is 4.68 Å². The lowest BCUT2D eigenvalue weighted by Gasteiger charge is -2.33. The third-order valence-electron chi connectivity index (χ3n) is 3.20. The van der Waals surface area contributed by atoms with Gasteiger partial charge in [-0.2, -0.15) is 0 Å². The molecule has 20 heavy (non-hydrogen) atoms. The summed E-state index contributed by atoms with van der Waals surface area (Å²) in [6, 6.07) is -0.673. The third-order valence-corrected chi connectivity index (χ3v) is 3.20. The minimum atomic E-state index is -0.995. The summed E-state index contributed by atoms with van der Waals surface area (Å²) in [5.74, 6) is -0.602. The second kappa shape index (κ2) is 6.42. The SMILES string of the molecule is CCCn1nnnc1CN1CCNC(=O)C1CC(=O)O. The van der Waals surface area contributed by atoms with Crippen molar-refractivity contribution in [2.24, 2.45) is 0 Å². The van der Waals surface area contributed by atoms with Gasteiger partial charge in [-0.15, -0.1) is 5.10 Å². The van der Waals surface area contributed by atoms with Gasteiger partial charge in [0.15, 0.2) is 5.82 Å². The van der Waals surface area contributed by atoms with Gasteiger partial charge < -0.3 is 10.4 Å². The van der Waals surface area contributed by atoms with Crippen LogP contribution < -0.4 is 5.32 Å². The van der Waals surface area contributed by atoms with Crippen molar-refractivity contribution < 1.29 is 14.7 Å². The van der Waals surface area contributed by atoms with E-state index in [0.29, 0.717) is 32.0 Å². The van der Waals surface area contributed by atoms with E-state index >= 15 is 0 Å². The van der Waals surface area contributed by atoms with Crippen LogP contribution in [0.15, 0.2) is 0 Å². The normalized spacial score (nSPS) is 19.9. The van der Waals surface area contributed by atoms with Crippen LogP contribution in [0.3, 0.4) is 0 Å². The maximum Gasteiger partial charge on any atom is 0.305 e. The molecule has 1 aromatic heterocycles. The molecule has 0 bridgehead atoms. The Morgan fingerprint density at radius 2 is 2.35 bits per heavy atom. The van der Waals surface area contributed by atoms with Gasteiger partial charge in [0.05, 0.1) is 13.0 Å². The summed E-state index contributed by atoms with van der Waals surface area (Å²) >= 11 is 0. The fraction of sp³-hybridized carbons (Fsp3) is 0.727. The summed E-state index contributed by atoms with van der Waals surface area (Å²) < 4.78 is 1.68. The molecule has 0 radical (unpaired) electrons. The van der Waals surface area contributed by atoms with Crippen LogP contribution >= 0.6 is 0 Å². The zero-order valence-corrected chi connectivity index (χ0v) is 11.3. The molecule has 0 spiro atoms. The Balaban J connectivity index is 2.10. The first-order chi connectivity index (χ1) is 9.61. The topological polar surface area (TPSA) is 113 Å². The van der Waals surface area contributed by atoms with E-state index in [1.165, 1.54) is 0 Å². The molecule has 2 heterocycles. The van der Waals surface area contributed by atoms with E-state index in [9.17, 15) is 9.59 Å². The van der Waals surface area contributed by atoms with Crippen LogP contribution in [0.25, 0.3) is 0 Å². The quantitative estimate of drug-likeness (QED) is 0.677. The van der Waals surface area contributed by atoms with Crippen molar-refractivity contribution in [3.8, 4) is 0 Å². The number of hydrogen-bond donors (Lipinski definition) is 2. The van der Waals surface area contributed by atoms with E-state index < -0.39 is 12.0 Å². The maximum atomic E-state index is 11.8. The molecule has 1 aliphatic heterocycles. The van der Waals surface area contributed by atoms with Crippen LogP contribution in [0.1, 0.15) is 25.6 Å². The first-order valence-electron chi connectivity index (χ1n) is 6.60. The number of amides is 1. The molecular formula is C11H18N6O3. The number of piperazine rings is 1. The Morgan fingerprint density at radius 1 is 1.55 bits per heavy atom. The summed E-state index contributed by atoms with van der Waals surface area (Å²) in [5, 5.41) is 23.1. The summed E-state index contributed by atoms with van der Waals surface area (Å²) in [6.07, 6.45) is 0.679. The molecule has 0 aliphatic carbocycles. The predicted octanol–water partition coefficient (Wildman–Crippen LogP) is -1.14. The van der Waals surface area contributed by atoms with Gasteiger partial charge in [-0.3, -0.25) is 14.5 Å². The van der Waals surface area contributed by atoms with E-state index in [-0.39, 0.29) is 12.3 Å². The second-order valence-corrected chi connectivity index (χ2v) is 4.69. The Kier molecular flexibility index (Phi) is 4.61. The number of nitrogens with one attached hydrogen (secondary N) is 1. The number of hydrogen-bond acceptors (Lipinski definition) is 6. The lowest BCUT2D eigenvalue weighted by Crippen LogP contribution is -2.55. The van der Waals surface area contributed by atoms with Gasteiger partial charge in [0.25, 0.3) is 0 Å². The molecule has 110 valence electrons. The maximum absolute atomic E-state index is 11.8. The molecule has 1 unspecified atom stereocenters. The predicted molar refractivity (Wildman–Crippen MR) is 67.6 cm³/mol. The van der Waals surface area contributed by atoms with E-state index in [0.717, 1.165) is 6.42 Å². The molecule has 1 aromatic rings. The minimum absolute atomic E-state index is 0.221. The van der Waals surface area contributed by atoms with Gasteiger partial charge in [0.1, 0.15) is 6.04 Å². The molecule has 0 saturated carbocycles. The van der Waals surface area contributed by atoms with Crippen molar-refractivity contribution in [3.63, 3.8) is 0 Å². The largest absolute Gasteiger partial charge is 0.481 e. The fourth-order valence-corrected chi connectivity index (χ4v) is 2.24. The van der Waals surface area contributed by atoms with Gasteiger partial charge >= 0.3 is 5.97 Å². The Bertz CT molecular complexity index is 488. The van der Waals surface area contributed by atoms with Crippen LogP contribution in [-0.2, 0) is 22.7 Å². The molecule has 0 aromatic carbocycles. The summed E-state index contributed by atoms with van der Waals surface area (Å²) in [7, 11) is 0. The number of carbonyl (C=O) groups is 2. The number of aromatic nitrogens is 4. The molecule has 1 amide bonds. The standard InChI is InChI=1S/C11H18N6O3/c1-2-4-17-9(13-14-15-17)7-16-5-3-12-11(20)8(16)6-10(18)19/h8H,2-7H2,1H3,(H,12,20)(H,18,19). The monoisotopic (exact) mass is 282 g/mol. The van der Waals surface area contributed by atoms with E-state index in [2.05, 4.69) is 20.8 Å². The Labute approximate surface area is 115 Å². The molecule has 1 atom stereocenters. The molecular weight excluding hydrogens is 264 g/mol. The Morgan fingerprint density at radius 3 is 3.05 bits per heavy atom. The van der Waals surface area contributed by atoms with Crippen molar-refractivity contribution in [2.45, 2.75) is 38.9 Å². The number of carboxylic acid groups (broad SMARTS) is 1. The van der Waals surface area contributed by atoms with Gasteiger partial charge in [-0.1, -0.05) is 6.92 Å². The first kappa shape index (κ1) is 14.4. The second-order valence-electron chi connectivity index (χ2n) is 4.69. The van der Waals surface area contributed by atoms with E-state index in [1.54, 1.807) is 4.68 Å². The average molecular weight is 282 g/mol. The number of tetrazole rings is 1. The highest BCUT2D eigenvalue weighted by molar-refractivity contribution is 5.86. The molecule has 1 fully saturated rings. The molecule has 9 heteroatoms. The van der Waals surface area contributed by atoms with Gasteiger partial charge in [-0.05, 0) is 16.8 Å². The van der Waals surface area contributed by atoms with Crippen molar-refractivity contribution in [1.29, 1.82) is 0 Å². The number of nitrogens with zero attached hydrogens (tertiary/aromatic N) is 5. The molecule has 1 saturated heterocycles. The smallest absolute Gasteiger partial charge is 0.305 e. The highest BCUT2D eigenvalue weighted by Crippen LogP contribution is 2.12. The zero-order chi connectivity index (χ0) is 14.5. The summed E-state index contributed by atoms with van der Waals surface area (Å²) in [4.78, 5) is 24.5. The van der Waals surface area contributed by atoms with Crippen LogP contribution in [0.2, 0.25) is 0 Å². The van der Waals surface area contributed by atoms with E-state index in [1.807, 2.05) is 11.8 Å². The van der Waals surface area contributed by atoms with E-state index in [4.69, 9.17) is 5.11 Å². The van der Waals surface area contributed by atoms with Crippen molar-refractivity contribution >= 4 is 11.9 Å². The number of carboxylic acids is 1. The lowest BCUT2D eigenvalue weighted by molar-refractivity contribution is -0.143. The zero-order valence-electron chi connectivity index (χ0n) is 11.3. The number of rotatable bonds is 6. The van der Waals surface area contributed by atoms with Crippen LogP contribution in [0.4, 0.5) is 0 Å². The molecule has 1 aliphatic rings. The fourth-order valence-electron chi connectivity index (χ4n) is 2.24. The lowest BCUT2D eigenvalue weighted by atomic mass is 10.1. The summed E-state index contributed by atoms with van der Waals surface area (Å²) in [6.45, 7) is 4.18. The Hall–Kier alpha value is -2.03. The van der Waals surface area contributed by atoms with Crippen molar-refractivity contribution in [2.75, 3.05) is 13.1 Å². The highest BCUT2D eigenvalue weighted by Gasteiger charge is 2.32. The van der Waals surface area contributed by atoms with Crippen LogP contribution in [-0.4, -0.2) is 61.2 Å². The molecule has 2 rings (SSSR count). The summed E-state index contributed by atoms with van der Waals surface area (Å²) in [5.41, 5.74) is 0. The number of aryl methyl sites for hydroxylation is 1. The third kappa shape index (κ3) is 3.29. The van der Waals surface area contributed by atoms with Gasteiger partial charge in [0, 0.05) is 19.6 Å². The number of aliphatic carboxylic acids is 1. The van der Waals surface area contributed by atoms with Crippen LogP contribution in [0.5, 0.6) is 0 Å². The van der Waals surface area contributed by atoms with Crippen molar-refractivity contribution in [3.05, 3.63) is 5.82 Å². The minimum Gasteiger partial charge on any atom is -0.481 e. The highest BCUT2D eigenvalue weighted by atomic mass is 16.4. The first-order valence-corrected chi connectivity index (χ1v) is 6.60. The molecule has 9 nitrogen and oxygen atoms in total.